The predicted octanol–water partition coefficient (Wildman–Crippen LogP) is 3.79. The Morgan fingerprint density at radius 1 is 1.17 bits per heavy atom. The fourth-order valence-corrected chi connectivity index (χ4v) is 2.59. The van der Waals surface area contributed by atoms with Crippen LogP contribution in [-0.4, -0.2) is 21.3 Å². The monoisotopic (exact) mass is 322 g/mol. The van der Waals surface area contributed by atoms with Crippen molar-refractivity contribution >= 4 is 10.9 Å². The number of aromatic amines is 1. The summed E-state index contributed by atoms with van der Waals surface area (Å²) in [5.74, 6) is 0. The van der Waals surface area contributed by atoms with Crippen LogP contribution >= 0.6 is 0 Å². The van der Waals surface area contributed by atoms with E-state index in [9.17, 15) is 13.2 Å². The molecule has 122 valence electrons. The molecule has 0 atom stereocenters. The zero-order valence-corrected chi connectivity index (χ0v) is 12.4. The van der Waals surface area contributed by atoms with Crippen LogP contribution in [0.2, 0.25) is 0 Å². The van der Waals surface area contributed by atoms with Gasteiger partial charge in [0.25, 0.3) is 0 Å². The number of aryl methyl sites for hydroxylation is 1. The van der Waals surface area contributed by atoms with E-state index in [1.54, 1.807) is 24.4 Å². The first-order valence-corrected chi connectivity index (χ1v) is 7.41. The van der Waals surface area contributed by atoms with Crippen molar-refractivity contribution in [2.45, 2.75) is 25.6 Å². The first kappa shape index (κ1) is 15.6. The second kappa shape index (κ2) is 6.08. The highest BCUT2D eigenvalue weighted by Gasteiger charge is 2.37. The summed E-state index contributed by atoms with van der Waals surface area (Å²) in [5, 5.41) is 4.69. The zero-order valence-electron chi connectivity index (χ0n) is 12.4. The molecule has 4 nitrogen and oxygen atoms in total. The van der Waals surface area contributed by atoms with E-state index < -0.39 is 11.9 Å². The number of aromatic nitrogens is 3. The van der Waals surface area contributed by atoms with E-state index in [2.05, 4.69) is 10.1 Å². The molecule has 0 aliphatic heterocycles. The van der Waals surface area contributed by atoms with Gasteiger partial charge < -0.3 is 10.7 Å². The fourth-order valence-electron chi connectivity index (χ4n) is 2.59. The van der Waals surface area contributed by atoms with Gasteiger partial charge in [-0.3, -0.25) is 4.68 Å². The summed E-state index contributed by atoms with van der Waals surface area (Å²) in [4.78, 5) is 3.01. The van der Waals surface area contributed by atoms with E-state index in [0.29, 0.717) is 25.1 Å². The summed E-state index contributed by atoms with van der Waals surface area (Å²) >= 11 is 0. The van der Waals surface area contributed by atoms with Gasteiger partial charge in [-0.25, -0.2) is 0 Å². The van der Waals surface area contributed by atoms with Gasteiger partial charge >= 0.3 is 6.18 Å². The van der Waals surface area contributed by atoms with Gasteiger partial charge in [0, 0.05) is 30.0 Å². The Hall–Kier alpha value is -2.28. The van der Waals surface area contributed by atoms with Gasteiger partial charge in [0.15, 0.2) is 5.69 Å². The Labute approximate surface area is 131 Å². The third kappa shape index (κ3) is 3.24. The maximum absolute atomic E-state index is 13.3. The van der Waals surface area contributed by atoms with Crippen molar-refractivity contribution in [1.82, 2.24) is 14.8 Å². The molecule has 0 fully saturated rings. The Morgan fingerprint density at radius 2 is 2.00 bits per heavy atom. The second-order valence-electron chi connectivity index (χ2n) is 5.43. The van der Waals surface area contributed by atoms with Crippen molar-refractivity contribution in [2.24, 2.45) is 5.73 Å². The summed E-state index contributed by atoms with van der Waals surface area (Å²) in [5.41, 5.74) is 5.96. The Kier molecular flexibility index (Phi) is 4.12. The lowest BCUT2D eigenvalue weighted by Gasteiger charge is -2.06. The molecule has 23 heavy (non-hydrogen) atoms. The molecule has 0 bridgehead atoms. The Bertz CT molecular complexity index is 801. The van der Waals surface area contributed by atoms with Crippen LogP contribution in [0, 0.1) is 0 Å². The van der Waals surface area contributed by atoms with Crippen molar-refractivity contribution < 1.29 is 13.2 Å². The Morgan fingerprint density at radius 3 is 2.74 bits per heavy atom. The van der Waals surface area contributed by atoms with Crippen molar-refractivity contribution in [3.8, 4) is 11.1 Å². The molecule has 2 aromatic heterocycles. The molecule has 0 aliphatic rings. The number of hydrogen-bond acceptors (Lipinski definition) is 2. The molecule has 0 amide bonds. The van der Waals surface area contributed by atoms with Crippen LogP contribution in [-0.2, 0) is 12.7 Å². The number of H-pyrrole nitrogens is 1. The van der Waals surface area contributed by atoms with Gasteiger partial charge in [0.1, 0.15) is 0 Å². The lowest BCUT2D eigenvalue weighted by Crippen LogP contribution is -2.09. The largest absolute Gasteiger partial charge is 0.435 e. The number of hydrogen-bond donors (Lipinski definition) is 2. The van der Waals surface area contributed by atoms with Crippen molar-refractivity contribution in [3.05, 3.63) is 42.4 Å². The number of nitrogens with two attached hydrogens (primary N) is 1. The number of nitrogens with one attached hydrogen (secondary N) is 1. The quantitative estimate of drug-likeness (QED) is 0.702. The molecule has 0 radical (unpaired) electrons. The SMILES string of the molecule is NCCCCn1cc(-c2ccc3cc[nH]c3c2)c(C(F)(F)F)n1. The first-order valence-electron chi connectivity index (χ1n) is 7.41. The van der Waals surface area contributed by atoms with Gasteiger partial charge in [-0.2, -0.15) is 18.3 Å². The van der Waals surface area contributed by atoms with E-state index >= 15 is 0 Å². The van der Waals surface area contributed by atoms with Crippen molar-refractivity contribution in [2.75, 3.05) is 6.54 Å². The molecule has 1 aromatic carbocycles. The van der Waals surface area contributed by atoms with Gasteiger partial charge in [-0.05, 0) is 42.5 Å². The van der Waals surface area contributed by atoms with Crippen LogP contribution in [0.3, 0.4) is 0 Å². The number of benzene rings is 1. The molecule has 0 aliphatic carbocycles. The van der Waals surface area contributed by atoms with Crippen LogP contribution in [0.4, 0.5) is 13.2 Å². The maximum atomic E-state index is 13.3. The van der Waals surface area contributed by atoms with Crippen LogP contribution in [0.1, 0.15) is 18.5 Å². The standard InChI is InChI=1S/C16H17F3N4/c17-16(18,19)15-13(10-23(22-15)8-2-1-6-20)12-4-3-11-5-7-21-14(11)9-12/h3-5,7,9-10,21H,1-2,6,8,20H2. The minimum atomic E-state index is -4.49. The van der Waals surface area contributed by atoms with E-state index in [1.165, 1.54) is 10.9 Å². The molecule has 0 saturated heterocycles. The van der Waals surface area contributed by atoms with Crippen LogP contribution in [0.5, 0.6) is 0 Å². The highest BCUT2D eigenvalue weighted by molar-refractivity contribution is 5.85. The molecule has 0 saturated carbocycles. The molecule has 3 aromatic rings. The summed E-state index contributed by atoms with van der Waals surface area (Å²) in [6.45, 7) is 0.939. The highest BCUT2D eigenvalue weighted by Crippen LogP contribution is 2.36. The number of fused-ring (bicyclic) bond motifs is 1. The first-order chi connectivity index (χ1) is 11.0. The number of unbranched alkanes of at least 4 members (excludes halogenated alkanes) is 1. The minimum Gasteiger partial charge on any atom is -0.361 e. The highest BCUT2D eigenvalue weighted by atomic mass is 19.4. The van der Waals surface area contributed by atoms with E-state index in [-0.39, 0.29) is 5.56 Å². The van der Waals surface area contributed by atoms with Crippen LogP contribution < -0.4 is 5.73 Å². The minimum absolute atomic E-state index is 0.0988. The zero-order chi connectivity index (χ0) is 16.4. The molecular weight excluding hydrogens is 305 g/mol. The van der Waals surface area contributed by atoms with Crippen molar-refractivity contribution in [1.29, 1.82) is 0 Å². The molecule has 3 rings (SSSR count). The molecule has 2 heterocycles. The summed E-state index contributed by atoms with van der Waals surface area (Å²) in [6.07, 6.45) is 0.188. The average molecular weight is 322 g/mol. The third-order valence-corrected chi connectivity index (χ3v) is 3.74. The predicted molar refractivity (Wildman–Crippen MR) is 82.8 cm³/mol. The van der Waals surface area contributed by atoms with Gasteiger partial charge in [0.2, 0.25) is 0 Å². The van der Waals surface area contributed by atoms with E-state index in [4.69, 9.17) is 5.73 Å². The summed E-state index contributed by atoms with van der Waals surface area (Å²) < 4.78 is 41.2. The lowest BCUT2D eigenvalue weighted by atomic mass is 10.0. The molecule has 7 heteroatoms. The normalized spacial score (nSPS) is 12.2. The molecule has 0 spiro atoms. The summed E-state index contributed by atoms with van der Waals surface area (Å²) in [7, 11) is 0. The smallest absolute Gasteiger partial charge is 0.361 e. The number of rotatable bonds is 5. The Balaban J connectivity index is 2.01. The van der Waals surface area contributed by atoms with E-state index in [0.717, 1.165) is 17.3 Å². The van der Waals surface area contributed by atoms with Crippen LogP contribution in [0.25, 0.3) is 22.0 Å². The van der Waals surface area contributed by atoms with Gasteiger partial charge in [-0.15, -0.1) is 0 Å². The van der Waals surface area contributed by atoms with Crippen molar-refractivity contribution in [3.63, 3.8) is 0 Å². The number of nitrogens with zero attached hydrogens (tertiary/aromatic N) is 2. The van der Waals surface area contributed by atoms with Crippen LogP contribution in [0.15, 0.2) is 36.7 Å². The van der Waals surface area contributed by atoms with Gasteiger partial charge in [0.05, 0.1) is 0 Å². The summed E-state index contributed by atoms with van der Waals surface area (Å²) in [6, 6.07) is 7.07. The third-order valence-electron chi connectivity index (χ3n) is 3.74. The second-order valence-corrected chi connectivity index (χ2v) is 5.43. The number of alkyl halides is 3. The fraction of sp³-hybridized carbons (Fsp3) is 0.312. The molecular formula is C16H17F3N4. The lowest BCUT2D eigenvalue weighted by molar-refractivity contribution is -0.141. The molecule has 0 unspecified atom stereocenters. The van der Waals surface area contributed by atoms with Gasteiger partial charge in [-0.1, -0.05) is 12.1 Å². The average Bonchev–Trinajstić information content (AvgIpc) is 3.12. The van der Waals surface area contributed by atoms with E-state index in [1.807, 2.05) is 6.07 Å². The maximum Gasteiger partial charge on any atom is 0.435 e. The molecule has 3 N–H and O–H groups in total. The number of halogens is 3. The topological polar surface area (TPSA) is 59.6 Å².